The summed E-state index contributed by atoms with van der Waals surface area (Å²) in [7, 11) is 0. The molecule has 1 saturated heterocycles. The molecule has 2 unspecified atom stereocenters. The van der Waals surface area contributed by atoms with Crippen molar-refractivity contribution in [3.63, 3.8) is 0 Å². The van der Waals surface area contributed by atoms with E-state index in [1.54, 1.807) is 0 Å². The van der Waals surface area contributed by atoms with E-state index in [4.69, 9.17) is 12.3 Å². The van der Waals surface area contributed by atoms with Crippen LogP contribution in [0.15, 0.2) is 18.3 Å². The first-order valence-electron chi connectivity index (χ1n) is 10.7. The number of fused-ring (bicyclic) bond motifs is 1. The van der Waals surface area contributed by atoms with Crippen LogP contribution in [0.5, 0.6) is 0 Å². The molecule has 2 aromatic heterocycles. The Balaban J connectivity index is 1.37. The monoisotopic (exact) mass is 430 g/mol. The highest BCUT2D eigenvalue weighted by Gasteiger charge is 2.59. The summed E-state index contributed by atoms with van der Waals surface area (Å²) in [6.07, 6.45) is -0.939. The number of aromatic nitrogens is 3. The van der Waals surface area contributed by atoms with Crippen LogP contribution in [0.25, 0.3) is 16.1 Å². The first-order chi connectivity index (χ1) is 14.7. The van der Waals surface area contributed by atoms with Gasteiger partial charge < -0.3 is 10.6 Å². The average molecular weight is 430 g/mol. The number of hydrogen-bond donors (Lipinski definition) is 1. The zero-order valence-electron chi connectivity index (χ0n) is 17.5. The largest absolute Gasteiger partial charge is 0.419 e. The van der Waals surface area contributed by atoms with E-state index in [0.717, 1.165) is 37.7 Å². The number of nitrogens with zero attached hydrogens (tertiary/aromatic N) is 5. The van der Waals surface area contributed by atoms with Crippen molar-refractivity contribution < 1.29 is 13.2 Å². The number of halogens is 3. The third kappa shape index (κ3) is 3.37. The van der Waals surface area contributed by atoms with Crippen molar-refractivity contribution in [2.45, 2.75) is 56.9 Å². The van der Waals surface area contributed by atoms with E-state index in [1.807, 2.05) is 24.6 Å². The van der Waals surface area contributed by atoms with Gasteiger partial charge in [-0.1, -0.05) is 0 Å². The summed E-state index contributed by atoms with van der Waals surface area (Å²) in [5.41, 5.74) is 6.46. The van der Waals surface area contributed by atoms with Gasteiger partial charge in [0.1, 0.15) is 5.82 Å². The predicted octanol–water partition coefficient (Wildman–Crippen LogP) is 4.22. The molecule has 31 heavy (non-hydrogen) atoms. The summed E-state index contributed by atoms with van der Waals surface area (Å²) >= 11 is 0. The SMILES string of the molecule is [C-]#[N+]C1CN(C2C[C@@H]3C(c4cc(-c5cnc(N)c(C(F)(F)F)c5)nn4C(C)C)[C@@H]3C2)C1. The van der Waals surface area contributed by atoms with Crippen molar-refractivity contribution >= 4 is 5.82 Å². The smallest absolute Gasteiger partial charge is 0.383 e. The number of anilines is 1. The Morgan fingerprint density at radius 2 is 1.87 bits per heavy atom. The number of pyridine rings is 1. The van der Waals surface area contributed by atoms with E-state index >= 15 is 0 Å². The summed E-state index contributed by atoms with van der Waals surface area (Å²) < 4.78 is 41.8. The summed E-state index contributed by atoms with van der Waals surface area (Å²) in [5.74, 6) is 1.07. The van der Waals surface area contributed by atoms with Crippen LogP contribution >= 0.6 is 0 Å². The van der Waals surface area contributed by atoms with Gasteiger partial charge in [-0.2, -0.15) is 18.3 Å². The van der Waals surface area contributed by atoms with E-state index in [1.165, 1.54) is 6.20 Å². The highest BCUT2D eigenvalue weighted by molar-refractivity contribution is 5.63. The Bertz CT molecular complexity index is 1030. The quantitative estimate of drug-likeness (QED) is 0.738. The van der Waals surface area contributed by atoms with Crippen LogP contribution in [-0.4, -0.2) is 44.8 Å². The molecule has 0 radical (unpaired) electrons. The molecule has 3 heterocycles. The van der Waals surface area contributed by atoms with Crippen LogP contribution in [0.4, 0.5) is 19.0 Å². The highest BCUT2D eigenvalue weighted by Crippen LogP contribution is 2.64. The second kappa shape index (κ2) is 6.95. The van der Waals surface area contributed by atoms with Crippen LogP contribution < -0.4 is 5.73 Å². The zero-order chi connectivity index (χ0) is 22.1. The highest BCUT2D eigenvalue weighted by atomic mass is 19.4. The molecule has 0 bridgehead atoms. The fourth-order valence-electron chi connectivity index (χ4n) is 5.47. The second-order valence-corrected chi connectivity index (χ2v) is 9.36. The van der Waals surface area contributed by atoms with Gasteiger partial charge in [-0.15, -0.1) is 0 Å². The molecule has 3 aliphatic rings. The fraction of sp³-hybridized carbons (Fsp3) is 0.591. The molecule has 2 N–H and O–H groups in total. The van der Waals surface area contributed by atoms with Gasteiger partial charge in [0.2, 0.25) is 6.04 Å². The molecule has 4 atom stereocenters. The van der Waals surface area contributed by atoms with Crippen LogP contribution in [-0.2, 0) is 6.18 Å². The first kappa shape index (κ1) is 20.3. The molecule has 164 valence electrons. The first-order valence-corrected chi connectivity index (χ1v) is 10.7. The maximum atomic E-state index is 13.3. The molecule has 2 aromatic rings. The molecule has 0 amide bonds. The Hall–Kier alpha value is -2.60. The number of rotatable bonds is 4. The third-order valence-electron chi connectivity index (χ3n) is 7.12. The van der Waals surface area contributed by atoms with Gasteiger partial charge in [-0.05, 0) is 50.7 Å². The average Bonchev–Trinajstić information content (AvgIpc) is 3.03. The van der Waals surface area contributed by atoms with Gasteiger partial charge in [0.25, 0.3) is 0 Å². The minimum Gasteiger partial charge on any atom is -0.383 e. The molecule has 5 rings (SSSR count). The maximum Gasteiger partial charge on any atom is 0.419 e. The maximum absolute atomic E-state index is 13.3. The summed E-state index contributed by atoms with van der Waals surface area (Å²) in [6, 6.07) is 3.81. The molecular weight excluding hydrogens is 405 g/mol. The number of hydrogen-bond acceptors (Lipinski definition) is 4. The van der Waals surface area contributed by atoms with Gasteiger partial charge in [0.15, 0.2) is 0 Å². The molecule has 3 fully saturated rings. The van der Waals surface area contributed by atoms with Crippen LogP contribution in [0.1, 0.15) is 49.9 Å². The van der Waals surface area contributed by atoms with Crippen molar-refractivity contribution in [2.24, 2.45) is 11.8 Å². The number of alkyl halides is 3. The number of likely N-dealkylation sites (tertiary alicyclic amines) is 1. The van der Waals surface area contributed by atoms with Crippen molar-refractivity contribution in [1.82, 2.24) is 19.7 Å². The third-order valence-corrected chi connectivity index (χ3v) is 7.12. The van der Waals surface area contributed by atoms with Gasteiger partial charge in [0, 0.05) is 35.5 Å². The predicted molar refractivity (Wildman–Crippen MR) is 110 cm³/mol. The Morgan fingerprint density at radius 1 is 1.19 bits per heavy atom. The standard InChI is InChI=1S/C22H25F3N6/c1-11(2)31-19(20-15-5-14(6-16(15)20)30-9-13(10-30)27-3)7-18(29-31)12-4-17(22(23,24)25)21(26)28-8-12/h4,7-8,11,13-16,20H,5-6,9-10H2,1-2H3,(H2,26,28)/t14?,15-,16+,20?. The summed E-state index contributed by atoms with van der Waals surface area (Å²) in [6.45, 7) is 13.0. The molecule has 0 aromatic carbocycles. The number of nitrogen functional groups attached to an aromatic ring is 1. The fourth-order valence-corrected chi connectivity index (χ4v) is 5.47. The molecule has 2 saturated carbocycles. The minimum atomic E-state index is -4.55. The number of nitrogens with two attached hydrogens (primary N) is 1. The van der Waals surface area contributed by atoms with Crippen LogP contribution in [0.3, 0.4) is 0 Å². The van der Waals surface area contributed by atoms with Crippen molar-refractivity contribution in [3.8, 4) is 11.3 Å². The van der Waals surface area contributed by atoms with Crippen molar-refractivity contribution in [2.75, 3.05) is 18.8 Å². The van der Waals surface area contributed by atoms with Gasteiger partial charge in [-0.25, -0.2) is 11.6 Å². The van der Waals surface area contributed by atoms with E-state index < -0.39 is 17.6 Å². The summed E-state index contributed by atoms with van der Waals surface area (Å²) in [4.78, 5) is 9.80. The van der Waals surface area contributed by atoms with Gasteiger partial charge >= 0.3 is 6.18 Å². The van der Waals surface area contributed by atoms with Crippen LogP contribution in [0.2, 0.25) is 0 Å². The normalized spacial score (nSPS) is 28.4. The molecule has 9 heteroatoms. The molecule has 0 spiro atoms. The lowest BCUT2D eigenvalue weighted by molar-refractivity contribution is -0.137. The Kier molecular flexibility index (Phi) is 4.56. The van der Waals surface area contributed by atoms with E-state index in [-0.39, 0.29) is 12.1 Å². The van der Waals surface area contributed by atoms with Gasteiger partial charge in [0.05, 0.1) is 24.3 Å². The van der Waals surface area contributed by atoms with Crippen LogP contribution in [0, 0.1) is 18.4 Å². The van der Waals surface area contributed by atoms with Crippen molar-refractivity contribution in [1.29, 1.82) is 0 Å². The topological polar surface area (TPSA) is 64.3 Å². The van der Waals surface area contributed by atoms with E-state index in [0.29, 0.717) is 35.1 Å². The van der Waals surface area contributed by atoms with E-state index in [9.17, 15) is 13.2 Å². The zero-order valence-corrected chi connectivity index (χ0v) is 17.5. The van der Waals surface area contributed by atoms with Gasteiger partial charge in [-0.3, -0.25) is 9.58 Å². The lowest BCUT2D eigenvalue weighted by atomic mass is 9.98. The summed E-state index contributed by atoms with van der Waals surface area (Å²) in [5, 5.41) is 4.65. The van der Waals surface area contributed by atoms with Crippen molar-refractivity contribution in [3.05, 3.63) is 41.0 Å². The second-order valence-electron chi connectivity index (χ2n) is 9.36. The molecular formula is C22H25F3N6. The molecule has 1 aliphatic heterocycles. The lowest BCUT2D eigenvalue weighted by Crippen LogP contribution is -2.53. The Labute approximate surface area is 179 Å². The molecule has 2 aliphatic carbocycles. The lowest BCUT2D eigenvalue weighted by Gasteiger charge is -2.37. The molecule has 6 nitrogen and oxygen atoms in total. The Morgan fingerprint density at radius 3 is 2.45 bits per heavy atom. The minimum absolute atomic E-state index is 0.111. The van der Waals surface area contributed by atoms with E-state index in [2.05, 4.69) is 19.8 Å².